The van der Waals surface area contributed by atoms with E-state index in [1.807, 2.05) is 13.0 Å². The van der Waals surface area contributed by atoms with Crippen LogP contribution in [0, 0.1) is 0 Å². The van der Waals surface area contributed by atoms with Crippen LogP contribution in [0.3, 0.4) is 0 Å². The zero-order valence-electron chi connectivity index (χ0n) is 8.96. The summed E-state index contributed by atoms with van der Waals surface area (Å²) < 4.78 is 12.2. The molecule has 0 amide bonds. The Hall–Kier alpha value is 0.0900. The smallest absolute Gasteiger partial charge is 0.340 e. The maximum atomic E-state index is 11.7. The fraction of sp³-hybridized carbons (Fsp3) is 0.500. The number of ether oxygens (including phenoxy) is 2. The molecule has 0 aliphatic rings. The fourth-order valence-electron chi connectivity index (χ4n) is 1.17. The van der Waals surface area contributed by atoms with Gasteiger partial charge in [0.15, 0.2) is 6.10 Å². The topological polar surface area (TPSA) is 35.5 Å². The maximum absolute atomic E-state index is 11.7. The monoisotopic (exact) mass is 370 g/mol. The zero-order chi connectivity index (χ0) is 12.1. The largest absolute Gasteiger partial charge is 0.464 e. The summed E-state index contributed by atoms with van der Waals surface area (Å²) in [6, 6.07) is 1.89. The van der Waals surface area contributed by atoms with Gasteiger partial charge in [0, 0.05) is 11.1 Å². The molecule has 0 aliphatic heterocycles. The molecule has 0 aromatic carbocycles. The van der Waals surface area contributed by atoms with E-state index in [4.69, 9.17) is 9.47 Å². The van der Waals surface area contributed by atoms with Gasteiger partial charge in [0.25, 0.3) is 0 Å². The molecule has 0 saturated carbocycles. The molecule has 90 valence electrons. The molecule has 16 heavy (non-hydrogen) atoms. The van der Waals surface area contributed by atoms with E-state index in [2.05, 4.69) is 31.9 Å². The van der Waals surface area contributed by atoms with Gasteiger partial charge < -0.3 is 9.47 Å². The van der Waals surface area contributed by atoms with Crippen molar-refractivity contribution in [3.8, 4) is 0 Å². The van der Waals surface area contributed by atoms with Gasteiger partial charge in [-0.05, 0) is 51.8 Å². The van der Waals surface area contributed by atoms with E-state index in [0.29, 0.717) is 13.2 Å². The molecule has 1 rings (SSSR count). The van der Waals surface area contributed by atoms with Gasteiger partial charge in [-0.25, -0.2) is 4.79 Å². The highest BCUT2D eigenvalue weighted by Gasteiger charge is 2.26. The van der Waals surface area contributed by atoms with Crippen LogP contribution in [0.5, 0.6) is 0 Å². The van der Waals surface area contributed by atoms with Crippen molar-refractivity contribution in [3.63, 3.8) is 0 Å². The second kappa shape index (κ2) is 6.74. The first-order chi connectivity index (χ1) is 7.60. The second-order valence-corrected chi connectivity index (χ2v) is 6.17. The van der Waals surface area contributed by atoms with Gasteiger partial charge in [-0.15, -0.1) is 11.3 Å². The molecular weight excluding hydrogens is 360 g/mol. The van der Waals surface area contributed by atoms with E-state index < -0.39 is 6.10 Å². The number of rotatable bonds is 5. The molecule has 0 bridgehead atoms. The third kappa shape index (κ3) is 3.55. The Labute approximate surface area is 115 Å². The molecule has 1 aromatic rings. The van der Waals surface area contributed by atoms with Gasteiger partial charge >= 0.3 is 5.97 Å². The van der Waals surface area contributed by atoms with Crippen molar-refractivity contribution in [1.29, 1.82) is 0 Å². The van der Waals surface area contributed by atoms with Gasteiger partial charge in [0.05, 0.1) is 15.3 Å². The molecule has 1 aromatic heterocycles. The maximum Gasteiger partial charge on any atom is 0.340 e. The lowest BCUT2D eigenvalue weighted by molar-refractivity contribution is -0.156. The van der Waals surface area contributed by atoms with E-state index in [0.717, 1.165) is 13.1 Å². The summed E-state index contributed by atoms with van der Waals surface area (Å²) in [5, 5.41) is 0. The molecule has 0 N–H and O–H groups in total. The highest BCUT2D eigenvalue weighted by atomic mass is 79.9. The van der Waals surface area contributed by atoms with Gasteiger partial charge in [-0.1, -0.05) is 0 Å². The third-order valence-electron chi connectivity index (χ3n) is 1.76. The molecule has 0 radical (unpaired) electrons. The Kier molecular flexibility index (Phi) is 5.96. The van der Waals surface area contributed by atoms with Crippen LogP contribution in [-0.2, 0) is 14.3 Å². The molecule has 0 aliphatic carbocycles. The molecular formula is C10H12Br2O3S. The predicted molar refractivity (Wildman–Crippen MR) is 70.7 cm³/mol. The lowest BCUT2D eigenvalue weighted by atomic mass is 10.3. The average Bonchev–Trinajstić information content (AvgIpc) is 2.54. The number of thiophene rings is 1. The minimum absolute atomic E-state index is 0.348. The van der Waals surface area contributed by atoms with Crippen LogP contribution in [-0.4, -0.2) is 19.2 Å². The summed E-state index contributed by atoms with van der Waals surface area (Å²) in [5.41, 5.74) is 0. The molecule has 1 unspecified atom stereocenters. The van der Waals surface area contributed by atoms with Crippen LogP contribution < -0.4 is 0 Å². The Bertz CT molecular complexity index is 365. The Morgan fingerprint density at radius 1 is 1.44 bits per heavy atom. The van der Waals surface area contributed by atoms with Crippen LogP contribution in [0.25, 0.3) is 0 Å². The van der Waals surface area contributed by atoms with E-state index in [1.54, 1.807) is 6.92 Å². The van der Waals surface area contributed by atoms with Gasteiger partial charge in [-0.3, -0.25) is 0 Å². The highest BCUT2D eigenvalue weighted by Crippen LogP contribution is 2.37. The molecule has 3 nitrogen and oxygen atoms in total. The van der Waals surface area contributed by atoms with Crippen molar-refractivity contribution in [2.45, 2.75) is 20.0 Å². The predicted octanol–water partition coefficient (Wildman–Crippen LogP) is 3.91. The van der Waals surface area contributed by atoms with E-state index >= 15 is 0 Å². The van der Waals surface area contributed by atoms with Crippen LogP contribution in [0.1, 0.15) is 24.8 Å². The average molecular weight is 372 g/mol. The molecule has 1 atom stereocenters. The van der Waals surface area contributed by atoms with Crippen molar-refractivity contribution in [1.82, 2.24) is 0 Å². The van der Waals surface area contributed by atoms with Crippen molar-refractivity contribution in [2.24, 2.45) is 0 Å². The summed E-state index contributed by atoms with van der Waals surface area (Å²) in [7, 11) is 0. The summed E-state index contributed by atoms with van der Waals surface area (Å²) in [6.45, 7) is 4.45. The first-order valence-corrected chi connectivity index (χ1v) is 7.23. The highest BCUT2D eigenvalue weighted by molar-refractivity contribution is 9.11. The summed E-state index contributed by atoms with van der Waals surface area (Å²) in [5.74, 6) is -0.348. The lowest BCUT2D eigenvalue weighted by Crippen LogP contribution is -2.18. The summed E-state index contributed by atoms with van der Waals surface area (Å²) in [4.78, 5) is 12.5. The number of hydrogen-bond acceptors (Lipinski definition) is 4. The molecule has 0 spiro atoms. The van der Waals surface area contributed by atoms with E-state index in [-0.39, 0.29) is 5.97 Å². The summed E-state index contributed by atoms with van der Waals surface area (Å²) in [6.07, 6.45) is -0.643. The van der Waals surface area contributed by atoms with Crippen molar-refractivity contribution < 1.29 is 14.3 Å². The second-order valence-electron chi connectivity index (χ2n) is 2.85. The SMILES string of the molecule is CCOC(=O)C(OCC)c1sc(Br)cc1Br. The van der Waals surface area contributed by atoms with Crippen molar-refractivity contribution in [2.75, 3.05) is 13.2 Å². The standard InChI is InChI=1S/C10H12Br2O3S/c1-3-14-8(10(13)15-4-2)9-6(11)5-7(12)16-9/h5,8H,3-4H2,1-2H3. The van der Waals surface area contributed by atoms with E-state index in [9.17, 15) is 4.79 Å². The number of esters is 1. The minimum atomic E-state index is -0.643. The fourth-order valence-corrected chi connectivity index (χ4v) is 3.87. The number of carbonyl (C=O) groups excluding carboxylic acids is 1. The summed E-state index contributed by atoms with van der Waals surface area (Å²) >= 11 is 8.23. The number of carbonyl (C=O) groups is 1. The minimum Gasteiger partial charge on any atom is -0.464 e. The first kappa shape index (κ1) is 14.2. The quantitative estimate of drug-likeness (QED) is 0.736. The molecule has 0 fully saturated rings. The number of hydrogen-bond donors (Lipinski definition) is 0. The van der Waals surface area contributed by atoms with Crippen molar-refractivity contribution in [3.05, 3.63) is 19.2 Å². The Morgan fingerprint density at radius 2 is 2.12 bits per heavy atom. The van der Waals surface area contributed by atoms with Crippen LogP contribution in [0.15, 0.2) is 14.3 Å². The van der Waals surface area contributed by atoms with E-state index in [1.165, 1.54) is 11.3 Å². The van der Waals surface area contributed by atoms with Crippen molar-refractivity contribution >= 4 is 49.2 Å². The van der Waals surface area contributed by atoms with Crippen LogP contribution in [0.2, 0.25) is 0 Å². The number of halogens is 2. The molecule has 0 saturated heterocycles. The Balaban J connectivity index is 2.92. The normalized spacial score (nSPS) is 12.5. The first-order valence-electron chi connectivity index (χ1n) is 4.83. The van der Waals surface area contributed by atoms with Crippen LogP contribution >= 0.6 is 43.2 Å². The van der Waals surface area contributed by atoms with Crippen LogP contribution in [0.4, 0.5) is 0 Å². The Morgan fingerprint density at radius 3 is 2.56 bits per heavy atom. The van der Waals surface area contributed by atoms with Gasteiger partial charge in [0.1, 0.15) is 0 Å². The molecule has 1 heterocycles. The van der Waals surface area contributed by atoms with Gasteiger partial charge in [-0.2, -0.15) is 0 Å². The van der Waals surface area contributed by atoms with Gasteiger partial charge in [0.2, 0.25) is 0 Å². The zero-order valence-corrected chi connectivity index (χ0v) is 12.9. The lowest BCUT2D eigenvalue weighted by Gasteiger charge is -2.14. The third-order valence-corrected chi connectivity index (χ3v) is 4.36. The molecule has 6 heteroatoms.